The van der Waals surface area contributed by atoms with Gasteiger partial charge in [0.1, 0.15) is 0 Å². The van der Waals surface area contributed by atoms with Gasteiger partial charge in [-0.05, 0) is 38.8 Å². The van der Waals surface area contributed by atoms with Crippen molar-refractivity contribution in [3.63, 3.8) is 0 Å². The summed E-state index contributed by atoms with van der Waals surface area (Å²) in [5.74, 6) is -0.213. The van der Waals surface area contributed by atoms with E-state index in [1.54, 1.807) is 56.1 Å². The summed E-state index contributed by atoms with van der Waals surface area (Å²) in [6.07, 6.45) is 1.12. The van der Waals surface area contributed by atoms with Crippen LogP contribution in [0.15, 0.2) is 35.2 Å². The summed E-state index contributed by atoms with van der Waals surface area (Å²) < 4.78 is 32.4. The van der Waals surface area contributed by atoms with Crippen LogP contribution >= 0.6 is 0 Å². The molecule has 2 N–H and O–H groups in total. The minimum absolute atomic E-state index is 0.0564. The fourth-order valence-corrected chi connectivity index (χ4v) is 4.89. The standard InChI is InChI=1S/C20H27N5O4S/c1-14-19(21)15(2)23-20(22-14)29-13-18(26)24(3)16-9-11-25(12-10-16)30(27,28)17-7-5-4-6-8-17/h4-8,16H,9-13,21H2,1-3H3. The Morgan fingerprint density at radius 3 is 2.30 bits per heavy atom. The number of likely N-dealkylation sites (N-methyl/N-ethyl adjacent to an activating group) is 1. The van der Waals surface area contributed by atoms with Gasteiger partial charge < -0.3 is 15.4 Å². The minimum Gasteiger partial charge on any atom is -0.453 e. The predicted octanol–water partition coefficient (Wildman–Crippen LogP) is 1.37. The Hall–Kier alpha value is -2.72. The van der Waals surface area contributed by atoms with E-state index in [1.165, 1.54) is 4.31 Å². The summed E-state index contributed by atoms with van der Waals surface area (Å²) in [5.41, 5.74) is 7.54. The highest BCUT2D eigenvalue weighted by atomic mass is 32.2. The van der Waals surface area contributed by atoms with Gasteiger partial charge in [-0.3, -0.25) is 4.79 Å². The van der Waals surface area contributed by atoms with E-state index in [1.807, 2.05) is 0 Å². The van der Waals surface area contributed by atoms with Crippen molar-refractivity contribution >= 4 is 21.6 Å². The Balaban J connectivity index is 1.55. The molecule has 0 spiro atoms. The maximum atomic E-state index is 12.7. The number of anilines is 1. The first kappa shape index (κ1) is 22.0. The lowest BCUT2D eigenvalue weighted by Gasteiger charge is -2.36. The maximum absolute atomic E-state index is 12.7. The Bertz CT molecular complexity index is 982. The van der Waals surface area contributed by atoms with Gasteiger partial charge in [0.15, 0.2) is 6.61 Å². The van der Waals surface area contributed by atoms with Crippen LogP contribution in [0.25, 0.3) is 0 Å². The quantitative estimate of drug-likeness (QED) is 0.731. The number of ether oxygens (including phenoxy) is 1. The number of amides is 1. The third-order valence-corrected chi connectivity index (χ3v) is 7.29. The number of carbonyl (C=O) groups excluding carboxylic acids is 1. The van der Waals surface area contributed by atoms with Gasteiger partial charge in [0.25, 0.3) is 5.91 Å². The molecule has 1 saturated heterocycles. The van der Waals surface area contributed by atoms with Crippen LogP contribution in [0, 0.1) is 13.8 Å². The van der Waals surface area contributed by atoms with Crippen molar-refractivity contribution in [1.82, 2.24) is 19.2 Å². The molecule has 1 aromatic heterocycles. The molecule has 10 heteroatoms. The summed E-state index contributed by atoms with van der Waals surface area (Å²) in [6.45, 7) is 4.03. The molecule has 0 atom stereocenters. The summed E-state index contributed by atoms with van der Waals surface area (Å²) in [5, 5.41) is 0. The van der Waals surface area contributed by atoms with Crippen molar-refractivity contribution in [2.24, 2.45) is 0 Å². The predicted molar refractivity (Wildman–Crippen MR) is 112 cm³/mol. The fraction of sp³-hybridized carbons (Fsp3) is 0.450. The van der Waals surface area contributed by atoms with Gasteiger partial charge in [-0.25, -0.2) is 8.42 Å². The Morgan fingerprint density at radius 2 is 1.73 bits per heavy atom. The molecular formula is C20H27N5O4S. The molecule has 2 aromatic rings. The molecule has 1 aliphatic heterocycles. The van der Waals surface area contributed by atoms with Crippen molar-refractivity contribution in [1.29, 1.82) is 0 Å². The van der Waals surface area contributed by atoms with Gasteiger partial charge in [0, 0.05) is 26.2 Å². The number of hydrogen-bond acceptors (Lipinski definition) is 7. The van der Waals surface area contributed by atoms with E-state index in [-0.39, 0.29) is 29.5 Å². The zero-order valence-electron chi connectivity index (χ0n) is 17.4. The van der Waals surface area contributed by atoms with Gasteiger partial charge in [-0.2, -0.15) is 14.3 Å². The second-order valence-electron chi connectivity index (χ2n) is 7.33. The van der Waals surface area contributed by atoms with E-state index in [4.69, 9.17) is 10.5 Å². The van der Waals surface area contributed by atoms with Crippen LogP contribution in [0.4, 0.5) is 5.69 Å². The number of piperidine rings is 1. The molecule has 1 fully saturated rings. The fourth-order valence-electron chi connectivity index (χ4n) is 3.40. The third-order valence-electron chi connectivity index (χ3n) is 5.38. The molecule has 1 amide bonds. The van der Waals surface area contributed by atoms with Crippen molar-refractivity contribution in [3.05, 3.63) is 41.7 Å². The molecule has 0 radical (unpaired) electrons. The molecule has 9 nitrogen and oxygen atoms in total. The largest absolute Gasteiger partial charge is 0.453 e. The van der Waals surface area contributed by atoms with E-state index < -0.39 is 10.0 Å². The van der Waals surface area contributed by atoms with E-state index in [0.717, 1.165) is 0 Å². The van der Waals surface area contributed by atoms with E-state index in [9.17, 15) is 13.2 Å². The third kappa shape index (κ3) is 4.71. The SMILES string of the molecule is Cc1nc(OCC(=O)N(C)C2CCN(S(=O)(=O)c3ccccc3)CC2)nc(C)c1N. The number of nitrogen functional groups attached to an aromatic ring is 1. The summed E-state index contributed by atoms with van der Waals surface area (Å²) >= 11 is 0. The lowest BCUT2D eigenvalue weighted by atomic mass is 10.1. The van der Waals surface area contributed by atoms with Gasteiger partial charge in [0.05, 0.1) is 22.0 Å². The normalized spacial score (nSPS) is 15.7. The molecule has 1 aliphatic rings. The molecule has 0 unspecified atom stereocenters. The van der Waals surface area contributed by atoms with Gasteiger partial charge >= 0.3 is 6.01 Å². The highest BCUT2D eigenvalue weighted by Crippen LogP contribution is 2.23. The molecule has 30 heavy (non-hydrogen) atoms. The maximum Gasteiger partial charge on any atom is 0.317 e. The number of benzene rings is 1. The van der Waals surface area contributed by atoms with Crippen molar-refractivity contribution < 1.29 is 17.9 Å². The van der Waals surface area contributed by atoms with Crippen molar-refractivity contribution in [2.45, 2.75) is 37.6 Å². The summed E-state index contributed by atoms with van der Waals surface area (Å²) in [7, 11) is -1.80. The highest BCUT2D eigenvalue weighted by Gasteiger charge is 2.32. The van der Waals surface area contributed by atoms with Crippen LogP contribution in [0.5, 0.6) is 6.01 Å². The van der Waals surface area contributed by atoms with Crippen molar-refractivity contribution in [2.75, 3.05) is 32.5 Å². The monoisotopic (exact) mass is 433 g/mol. The average molecular weight is 434 g/mol. The zero-order valence-corrected chi connectivity index (χ0v) is 18.2. The molecule has 162 valence electrons. The number of nitrogens with two attached hydrogens (primary N) is 1. The molecule has 0 saturated carbocycles. The Morgan fingerprint density at radius 1 is 1.17 bits per heavy atom. The van der Waals surface area contributed by atoms with E-state index >= 15 is 0 Å². The number of aryl methyl sites for hydroxylation is 2. The second-order valence-corrected chi connectivity index (χ2v) is 9.27. The summed E-state index contributed by atoms with van der Waals surface area (Å²) in [6, 6.07) is 8.45. The van der Waals surface area contributed by atoms with Crippen LogP contribution < -0.4 is 10.5 Å². The molecule has 0 bridgehead atoms. The number of carbonyl (C=O) groups is 1. The van der Waals surface area contributed by atoms with Crippen LogP contribution in [0.3, 0.4) is 0 Å². The Kier molecular flexibility index (Phi) is 6.57. The van der Waals surface area contributed by atoms with Gasteiger partial charge in [-0.15, -0.1) is 0 Å². The number of rotatable bonds is 6. The molecule has 3 rings (SSSR count). The first-order valence-corrected chi connectivity index (χ1v) is 11.2. The Labute approximate surface area is 176 Å². The van der Waals surface area contributed by atoms with Crippen LogP contribution in [-0.4, -0.2) is 66.3 Å². The first-order valence-electron chi connectivity index (χ1n) is 9.74. The highest BCUT2D eigenvalue weighted by molar-refractivity contribution is 7.89. The number of sulfonamides is 1. The minimum atomic E-state index is -3.51. The van der Waals surface area contributed by atoms with Crippen molar-refractivity contribution in [3.8, 4) is 6.01 Å². The second kappa shape index (κ2) is 8.97. The number of nitrogens with zero attached hydrogens (tertiary/aromatic N) is 4. The summed E-state index contributed by atoms with van der Waals surface area (Å²) in [4.78, 5) is 22.7. The van der Waals surface area contributed by atoms with E-state index in [2.05, 4.69) is 9.97 Å². The first-order chi connectivity index (χ1) is 14.2. The topological polar surface area (TPSA) is 119 Å². The van der Waals surface area contributed by atoms with Gasteiger partial charge in [0.2, 0.25) is 10.0 Å². The van der Waals surface area contributed by atoms with Crippen LogP contribution in [-0.2, 0) is 14.8 Å². The molecule has 2 heterocycles. The van der Waals surface area contributed by atoms with E-state index in [0.29, 0.717) is 43.0 Å². The molecule has 0 aliphatic carbocycles. The number of aromatic nitrogens is 2. The molecule has 1 aromatic carbocycles. The van der Waals surface area contributed by atoms with Crippen LogP contribution in [0.2, 0.25) is 0 Å². The zero-order chi connectivity index (χ0) is 21.9. The molecular weight excluding hydrogens is 406 g/mol. The van der Waals surface area contributed by atoms with Crippen LogP contribution in [0.1, 0.15) is 24.2 Å². The average Bonchev–Trinajstić information content (AvgIpc) is 2.75. The lowest BCUT2D eigenvalue weighted by Crippen LogP contribution is -2.48. The smallest absolute Gasteiger partial charge is 0.317 e. The van der Waals surface area contributed by atoms with Gasteiger partial charge in [-0.1, -0.05) is 18.2 Å². The lowest BCUT2D eigenvalue weighted by molar-refractivity contribution is -0.135. The number of hydrogen-bond donors (Lipinski definition) is 1.